The molecule has 0 saturated carbocycles. The molecule has 0 N–H and O–H groups in total. The van der Waals surface area contributed by atoms with Gasteiger partial charge in [-0.25, -0.2) is 14.2 Å². The Hall–Kier alpha value is -3.59. The van der Waals surface area contributed by atoms with E-state index in [2.05, 4.69) is 10.1 Å². The van der Waals surface area contributed by atoms with Crippen molar-refractivity contribution in [2.75, 3.05) is 4.90 Å². The minimum absolute atomic E-state index is 0.0845. The molecule has 0 bridgehead atoms. The molecule has 2 aromatic heterocycles. The van der Waals surface area contributed by atoms with Crippen LogP contribution in [0.3, 0.4) is 0 Å². The fourth-order valence-electron chi connectivity index (χ4n) is 3.18. The van der Waals surface area contributed by atoms with Crippen LogP contribution < -0.4 is 10.7 Å². The van der Waals surface area contributed by atoms with E-state index in [1.165, 1.54) is 42.5 Å². The van der Waals surface area contributed by atoms with Crippen molar-refractivity contribution < 1.29 is 13.6 Å². The number of nitrogens with zero attached hydrogens (tertiary/aromatic N) is 4. The number of carbonyl (C=O) groups is 1. The zero-order valence-corrected chi connectivity index (χ0v) is 17.7. The molecule has 2 heterocycles. The van der Waals surface area contributed by atoms with Gasteiger partial charge in [0, 0.05) is 17.9 Å². The first-order chi connectivity index (χ1) is 15.0. The van der Waals surface area contributed by atoms with Crippen molar-refractivity contribution in [3.8, 4) is 11.5 Å². The van der Waals surface area contributed by atoms with E-state index in [-0.39, 0.29) is 24.2 Å². The third-order valence-corrected chi connectivity index (χ3v) is 5.54. The lowest BCUT2D eigenvalue weighted by molar-refractivity contribution is -0.115. The molecule has 0 atom stereocenters. The standard InChI is InChI=1S/C22H19FN4O3S/c1-3-15-6-4-5-7-19(15)27(14(2)28)21-24-18(13-31-21)12-26-22(29)30-20(25-26)16-8-10-17(23)11-9-16/h4-11,13H,3,12H2,1-2H3. The maximum absolute atomic E-state index is 13.1. The summed E-state index contributed by atoms with van der Waals surface area (Å²) in [7, 11) is 0. The van der Waals surface area contributed by atoms with Gasteiger partial charge in [-0.3, -0.25) is 9.69 Å². The average Bonchev–Trinajstić information content (AvgIpc) is 3.36. The zero-order valence-electron chi connectivity index (χ0n) is 16.9. The van der Waals surface area contributed by atoms with Gasteiger partial charge in [0.25, 0.3) is 0 Å². The number of aryl methyl sites for hydroxylation is 1. The Labute approximate surface area is 181 Å². The molecule has 0 aliphatic carbocycles. The van der Waals surface area contributed by atoms with E-state index in [1.54, 1.807) is 10.3 Å². The van der Waals surface area contributed by atoms with E-state index in [1.807, 2.05) is 31.2 Å². The van der Waals surface area contributed by atoms with Crippen molar-refractivity contribution in [3.05, 3.63) is 81.5 Å². The molecule has 0 aliphatic rings. The summed E-state index contributed by atoms with van der Waals surface area (Å²) in [6.45, 7) is 3.60. The number of carbonyl (C=O) groups excluding carboxylic acids is 1. The lowest BCUT2D eigenvalue weighted by atomic mass is 10.1. The SMILES string of the molecule is CCc1ccccc1N(C(C)=O)c1nc(Cn2nc(-c3ccc(F)cc3)oc2=O)cs1. The molecular formula is C22H19FN4O3S. The van der Waals surface area contributed by atoms with Crippen LogP contribution in [0, 0.1) is 5.82 Å². The van der Waals surface area contributed by atoms with Crippen molar-refractivity contribution in [2.24, 2.45) is 0 Å². The van der Waals surface area contributed by atoms with Crippen LogP contribution in [0.2, 0.25) is 0 Å². The Morgan fingerprint density at radius 2 is 1.94 bits per heavy atom. The number of anilines is 2. The predicted octanol–water partition coefficient (Wildman–Crippen LogP) is 4.39. The van der Waals surface area contributed by atoms with Crippen molar-refractivity contribution in [1.82, 2.24) is 14.8 Å². The predicted molar refractivity (Wildman–Crippen MR) is 116 cm³/mol. The topological polar surface area (TPSA) is 81.2 Å². The third-order valence-electron chi connectivity index (χ3n) is 4.67. The Kier molecular flexibility index (Phi) is 5.77. The number of para-hydroxylation sites is 1. The first kappa shape index (κ1) is 20.7. The quantitative estimate of drug-likeness (QED) is 0.446. The molecule has 0 radical (unpaired) electrons. The molecular weight excluding hydrogens is 419 g/mol. The maximum atomic E-state index is 13.1. The Balaban J connectivity index is 1.61. The molecule has 2 aromatic carbocycles. The highest BCUT2D eigenvalue weighted by Crippen LogP contribution is 2.31. The summed E-state index contributed by atoms with van der Waals surface area (Å²) in [6.07, 6.45) is 0.776. The van der Waals surface area contributed by atoms with Crippen LogP contribution in [0.15, 0.2) is 63.1 Å². The van der Waals surface area contributed by atoms with Crippen LogP contribution in [0.5, 0.6) is 0 Å². The van der Waals surface area contributed by atoms with Gasteiger partial charge >= 0.3 is 5.76 Å². The van der Waals surface area contributed by atoms with Crippen LogP contribution in [0.25, 0.3) is 11.5 Å². The van der Waals surface area contributed by atoms with E-state index in [0.29, 0.717) is 16.4 Å². The van der Waals surface area contributed by atoms with Gasteiger partial charge in [-0.05, 0) is 42.3 Å². The summed E-state index contributed by atoms with van der Waals surface area (Å²) >= 11 is 1.31. The third kappa shape index (κ3) is 4.31. The second-order valence-electron chi connectivity index (χ2n) is 6.80. The molecule has 0 fully saturated rings. The Morgan fingerprint density at radius 1 is 1.19 bits per heavy atom. The van der Waals surface area contributed by atoms with Crippen molar-refractivity contribution in [2.45, 2.75) is 26.8 Å². The van der Waals surface area contributed by atoms with Crippen molar-refractivity contribution >= 4 is 28.1 Å². The van der Waals surface area contributed by atoms with E-state index in [0.717, 1.165) is 22.4 Å². The lowest BCUT2D eigenvalue weighted by Crippen LogP contribution is -2.24. The Morgan fingerprint density at radius 3 is 2.65 bits per heavy atom. The van der Waals surface area contributed by atoms with Gasteiger partial charge in [0.15, 0.2) is 5.13 Å². The number of amides is 1. The molecule has 9 heteroatoms. The number of rotatable bonds is 6. The molecule has 7 nitrogen and oxygen atoms in total. The van der Waals surface area contributed by atoms with E-state index >= 15 is 0 Å². The second-order valence-corrected chi connectivity index (χ2v) is 7.63. The van der Waals surface area contributed by atoms with Gasteiger partial charge in [-0.2, -0.15) is 4.68 Å². The van der Waals surface area contributed by atoms with Crippen LogP contribution >= 0.6 is 11.3 Å². The molecule has 0 saturated heterocycles. The molecule has 4 rings (SSSR count). The fourth-order valence-corrected chi connectivity index (χ4v) is 4.05. The van der Waals surface area contributed by atoms with E-state index < -0.39 is 5.76 Å². The number of halogens is 1. The molecule has 0 aliphatic heterocycles. The number of aromatic nitrogens is 3. The summed E-state index contributed by atoms with van der Waals surface area (Å²) in [5.74, 6) is -1.09. The number of thiazole rings is 1. The molecule has 1 amide bonds. The molecule has 31 heavy (non-hydrogen) atoms. The number of hydrogen-bond acceptors (Lipinski definition) is 6. The van der Waals surface area contributed by atoms with Gasteiger partial charge < -0.3 is 4.42 Å². The van der Waals surface area contributed by atoms with Crippen LogP contribution in [-0.2, 0) is 17.8 Å². The summed E-state index contributed by atoms with van der Waals surface area (Å²) in [5, 5.41) is 6.47. The largest absolute Gasteiger partial charge is 0.437 e. The van der Waals surface area contributed by atoms with Gasteiger partial charge in [0.1, 0.15) is 5.82 Å². The van der Waals surface area contributed by atoms with Gasteiger partial charge in [0.2, 0.25) is 11.8 Å². The van der Waals surface area contributed by atoms with Crippen LogP contribution in [-0.4, -0.2) is 20.7 Å². The second kappa shape index (κ2) is 8.65. The normalized spacial score (nSPS) is 10.9. The molecule has 4 aromatic rings. The lowest BCUT2D eigenvalue weighted by Gasteiger charge is -2.20. The van der Waals surface area contributed by atoms with Crippen molar-refractivity contribution in [3.63, 3.8) is 0 Å². The highest BCUT2D eigenvalue weighted by atomic mass is 32.1. The smallest absolute Gasteiger partial charge is 0.388 e. The first-order valence-electron chi connectivity index (χ1n) is 9.63. The summed E-state index contributed by atoms with van der Waals surface area (Å²) in [6, 6.07) is 13.2. The highest BCUT2D eigenvalue weighted by Gasteiger charge is 2.21. The van der Waals surface area contributed by atoms with Crippen LogP contribution in [0.4, 0.5) is 15.2 Å². The number of hydrogen-bond donors (Lipinski definition) is 0. The van der Waals surface area contributed by atoms with Crippen molar-refractivity contribution in [1.29, 1.82) is 0 Å². The molecule has 158 valence electrons. The average molecular weight is 438 g/mol. The minimum Gasteiger partial charge on any atom is -0.388 e. The van der Waals surface area contributed by atoms with Gasteiger partial charge in [0.05, 0.1) is 17.9 Å². The maximum Gasteiger partial charge on any atom is 0.437 e. The van der Waals surface area contributed by atoms with Gasteiger partial charge in [-0.1, -0.05) is 25.1 Å². The summed E-state index contributed by atoms with van der Waals surface area (Å²) in [5.41, 5.74) is 2.89. The summed E-state index contributed by atoms with van der Waals surface area (Å²) < 4.78 is 19.5. The monoisotopic (exact) mass is 438 g/mol. The first-order valence-corrected chi connectivity index (χ1v) is 10.5. The highest BCUT2D eigenvalue weighted by molar-refractivity contribution is 7.14. The number of benzene rings is 2. The van der Waals surface area contributed by atoms with E-state index in [4.69, 9.17) is 4.42 Å². The summed E-state index contributed by atoms with van der Waals surface area (Å²) in [4.78, 5) is 30.7. The van der Waals surface area contributed by atoms with Crippen LogP contribution in [0.1, 0.15) is 25.1 Å². The Bertz CT molecular complexity index is 1280. The van der Waals surface area contributed by atoms with E-state index in [9.17, 15) is 14.0 Å². The molecule has 0 unspecified atom stereocenters. The fraction of sp³-hybridized carbons (Fsp3) is 0.182. The van der Waals surface area contributed by atoms with Gasteiger partial charge in [-0.15, -0.1) is 16.4 Å². The zero-order chi connectivity index (χ0) is 22.0. The molecule has 0 spiro atoms. The minimum atomic E-state index is -0.645.